The molecule has 1 nitrogen and oxygen atoms in total. The first kappa shape index (κ1) is 21.0. The van der Waals surface area contributed by atoms with Crippen molar-refractivity contribution >= 4 is 0 Å². The van der Waals surface area contributed by atoms with E-state index in [1.807, 2.05) is 0 Å². The van der Waals surface area contributed by atoms with Crippen molar-refractivity contribution in [1.82, 2.24) is 0 Å². The summed E-state index contributed by atoms with van der Waals surface area (Å²) in [6, 6.07) is 0. The Balaban J connectivity index is 4.80. The lowest BCUT2D eigenvalue weighted by molar-refractivity contribution is -0.0798. The topological polar surface area (TPSA) is 9.23 Å². The predicted octanol–water partition coefficient (Wildman–Crippen LogP) is 6.99. The molecule has 128 valence electrons. The Hall–Kier alpha value is -0.0400. The number of rotatable bonds is 14. The van der Waals surface area contributed by atoms with Gasteiger partial charge in [0.1, 0.15) is 0 Å². The van der Waals surface area contributed by atoms with Gasteiger partial charge in [-0.3, -0.25) is 0 Å². The SMILES string of the molecule is CCCCC(OC(CCCC)C(CC)CC)C(CC)CC. The first-order chi connectivity index (χ1) is 10.2. The van der Waals surface area contributed by atoms with Gasteiger partial charge >= 0.3 is 0 Å². The molecule has 0 bridgehead atoms. The van der Waals surface area contributed by atoms with Crippen molar-refractivity contribution in [2.75, 3.05) is 0 Å². The number of hydrogen-bond acceptors (Lipinski definition) is 1. The summed E-state index contributed by atoms with van der Waals surface area (Å²) in [6.07, 6.45) is 13.7. The third kappa shape index (κ3) is 8.24. The lowest BCUT2D eigenvalue weighted by atomic mass is 9.89. The lowest BCUT2D eigenvalue weighted by Gasteiger charge is -2.34. The molecular formula is C20H42O. The van der Waals surface area contributed by atoms with Crippen LogP contribution in [-0.4, -0.2) is 12.2 Å². The van der Waals surface area contributed by atoms with Gasteiger partial charge in [0.25, 0.3) is 0 Å². The van der Waals surface area contributed by atoms with Gasteiger partial charge in [-0.05, 0) is 24.7 Å². The maximum Gasteiger partial charge on any atom is 0.0607 e. The Morgan fingerprint density at radius 3 is 1.14 bits per heavy atom. The third-order valence-corrected chi connectivity index (χ3v) is 5.18. The number of ether oxygens (including phenoxy) is 1. The van der Waals surface area contributed by atoms with E-state index < -0.39 is 0 Å². The van der Waals surface area contributed by atoms with Crippen molar-refractivity contribution < 1.29 is 4.74 Å². The smallest absolute Gasteiger partial charge is 0.0607 e. The summed E-state index contributed by atoms with van der Waals surface area (Å²) >= 11 is 0. The van der Waals surface area contributed by atoms with Crippen LogP contribution in [0.3, 0.4) is 0 Å². The molecule has 0 aliphatic rings. The highest BCUT2D eigenvalue weighted by Crippen LogP contribution is 2.28. The number of unbranched alkanes of at least 4 members (excludes halogenated alkanes) is 2. The van der Waals surface area contributed by atoms with Crippen LogP contribution in [0.2, 0.25) is 0 Å². The van der Waals surface area contributed by atoms with E-state index >= 15 is 0 Å². The minimum Gasteiger partial charge on any atom is -0.374 e. The predicted molar refractivity (Wildman–Crippen MR) is 95.9 cm³/mol. The summed E-state index contributed by atoms with van der Waals surface area (Å²) in [5, 5.41) is 0. The largest absolute Gasteiger partial charge is 0.374 e. The summed E-state index contributed by atoms with van der Waals surface area (Å²) in [5.74, 6) is 1.49. The fourth-order valence-corrected chi connectivity index (χ4v) is 3.49. The van der Waals surface area contributed by atoms with Crippen LogP contribution in [0.4, 0.5) is 0 Å². The first-order valence-electron chi connectivity index (χ1n) is 9.83. The highest BCUT2D eigenvalue weighted by atomic mass is 16.5. The molecule has 0 aliphatic carbocycles. The molecule has 0 aliphatic heterocycles. The molecule has 0 saturated heterocycles. The van der Waals surface area contributed by atoms with E-state index in [9.17, 15) is 0 Å². The quantitative estimate of drug-likeness (QED) is 0.335. The molecule has 0 heterocycles. The van der Waals surface area contributed by atoms with E-state index in [4.69, 9.17) is 4.74 Å². The second-order valence-electron chi connectivity index (χ2n) is 6.65. The molecule has 0 spiro atoms. The standard InChI is InChI=1S/C20H42O/c1-7-13-15-19(17(9-3)10-4)21-20(16-14-8-2)18(11-5)12-6/h17-20H,7-16H2,1-6H3. The minimum absolute atomic E-state index is 0.488. The van der Waals surface area contributed by atoms with Crippen LogP contribution in [0, 0.1) is 11.8 Å². The molecule has 2 atom stereocenters. The average Bonchev–Trinajstić information content (AvgIpc) is 2.51. The fraction of sp³-hybridized carbons (Fsp3) is 1.00. The van der Waals surface area contributed by atoms with Crippen LogP contribution in [0.25, 0.3) is 0 Å². The Morgan fingerprint density at radius 1 is 0.571 bits per heavy atom. The monoisotopic (exact) mass is 298 g/mol. The highest BCUT2D eigenvalue weighted by Gasteiger charge is 2.26. The van der Waals surface area contributed by atoms with Gasteiger partial charge in [-0.25, -0.2) is 0 Å². The Morgan fingerprint density at radius 2 is 0.905 bits per heavy atom. The van der Waals surface area contributed by atoms with Crippen LogP contribution in [0.1, 0.15) is 106 Å². The average molecular weight is 299 g/mol. The van der Waals surface area contributed by atoms with Crippen LogP contribution < -0.4 is 0 Å². The van der Waals surface area contributed by atoms with Crippen LogP contribution in [0.5, 0.6) is 0 Å². The summed E-state index contributed by atoms with van der Waals surface area (Å²) in [6.45, 7) is 13.9. The maximum absolute atomic E-state index is 6.74. The zero-order valence-electron chi connectivity index (χ0n) is 15.8. The fourth-order valence-electron chi connectivity index (χ4n) is 3.49. The van der Waals surface area contributed by atoms with Gasteiger partial charge in [0.05, 0.1) is 12.2 Å². The second-order valence-corrected chi connectivity index (χ2v) is 6.65. The Bertz CT molecular complexity index is 184. The third-order valence-electron chi connectivity index (χ3n) is 5.18. The van der Waals surface area contributed by atoms with Gasteiger partial charge in [-0.15, -0.1) is 0 Å². The Kier molecular flexibility index (Phi) is 13.6. The molecule has 0 amide bonds. The molecule has 0 radical (unpaired) electrons. The van der Waals surface area contributed by atoms with E-state index in [-0.39, 0.29) is 0 Å². The van der Waals surface area contributed by atoms with Crippen molar-refractivity contribution in [3.05, 3.63) is 0 Å². The van der Waals surface area contributed by atoms with E-state index in [1.165, 1.54) is 64.2 Å². The summed E-state index contributed by atoms with van der Waals surface area (Å²) in [4.78, 5) is 0. The van der Waals surface area contributed by atoms with E-state index in [0.717, 1.165) is 11.8 Å². The van der Waals surface area contributed by atoms with Gasteiger partial charge in [0, 0.05) is 0 Å². The number of hydrogen-bond donors (Lipinski definition) is 0. The minimum atomic E-state index is 0.488. The van der Waals surface area contributed by atoms with E-state index in [1.54, 1.807) is 0 Å². The van der Waals surface area contributed by atoms with Crippen LogP contribution >= 0.6 is 0 Å². The molecule has 0 aromatic heterocycles. The van der Waals surface area contributed by atoms with Crippen LogP contribution in [0.15, 0.2) is 0 Å². The van der Waals surface area contributed by atoms with E-state index in [2.05, 4.69) is 41.5 Å². The van der Waals surface area contributed by atoms with Gasteiger partial charge in [-0.1, -0.05) is 92.9 Å². The van der Waals surface area contributed by atoms with Crippen molar-refractivity contribution in [2.45, 2.75) is 118 Å². The summed E-state index contributed by atoms with van der Waals surface area (Å²) < 4.78 is 6.74. The molecule has 0 aromatic rings. The van der Waals surface area contributed by atoms with Crippen molar-refractivity contribution in [3.63, 3.8) is 0 Å². The van der Waals surface area contributed by atoms with Crippen molar-refractivity contribution in [2.24, 2.45) is 11.8 Å². The molecule has 0 fully saturated rings. The van der Waals surface area contributed by atoms with Gasteiger partial charge in [0.15, 0.2) is 0 Å². The molecule has 1 heteroatoms. The second kappa shape index (κ2) is 13.6. The molecule has 0 rings (SSSR count). The van der Waals surface area contributed by atoms with Gasteiger partial charge in [0.2, 0.25) is 0 Å². The zero-order chi connectivity index (χ0) is 16.1. The molecule has 0 saturated carbocycles. The van der Waals surface area contributed by atoms with Crippen molar-refractivity contribution in [1.29, 1.82) is 0 Å². The van der Waals surface area contributed by atoms with Gasteiger partial charge < -0.3 is 4.74 Å². The maximum atomic E-state index is 6.74. The molecule has 21 heavy (non-hydrogen) atoms. The Labute approximate surface area is 135 Å². The molecule has 2 unspecified atom stereocenters. The van der Waals surface area contributed by atoms with Gasteiger partial charge in [-0.2, -0.15) is 0 Å². The van der Waals surface area contributed by atoms with Crippen LogP contribution in [-0.2, 0) is 4.74 Å². The molecule has 0 N–H and O–H groups in total. The summed E-state index contributed by atoms with van der Waals surface area (Å²) in [7, 11) is 0. The van der Waals surface area contributed by atoms with Crippen molar-refractivity contribution in [3.8, 4) is 0 Å². The highest BCUT2D eigenvalue weighted by molar-refractivity contribution is 4.75. The normalized spacial score (nSPS) is 14.9. The summed E-state index contributed by atoms with van der Waals surface area (Å²) in [5.41, 5.74) is 0. The zero-order valence-corrected chi connectivity index (χ0v) is 15.8. The molecular weight excluding hydrogens is 256 g/mol. The molecule has 0 aromatic carbocycles. The first-order valence-corrected chi connectivity index (χ1v) is 9.83. The van der Waals surface area contributed by atoms with E-state index in [0.29, 0.717) is 12.2 Å². The lowest BCUT2D eigenvalue weighted by Crippen LogP contribution is -2.33.